The molecule has 0 amide bonds. The zero-order chi connectivity index (χ0) is 19.8. The van der Waals surface area contributed by atoms with Gasteiger partial charge in [-0.05, 0) is 43.7 Å². The Morgan fingerprint density at radius 2 is 1.78 bits per heavy atom. The molecule has 27 heavy (non-hydrogen) atoms. The lowest BCUT2D eigenvalue weighted by Crippen LogP contribution is -2.25. The summed E-state index contributed by atoms with van der Waals surface area (Å²) in [6.07, 6.45) is 0. The van der Waals surface area contributed by atoms with Crippen LogP contribution in [0, 0.1) is 29.5 Å². The van der Waals surface area contributed by atoms with Crippen LogP contribution in [-0.4, -0.2) is 26.2 Å². The van der Waals surface area contributed by atoms with Crippen molar-refractivity contribution in [3.63, 3.8) is 0 Å². The van der Waals surface area contributed by atoms with E-state index < -0.39 is 38.2 Å². The van der Waals surface area contributed by atoms with E-state index >= 15 is 0 Å². The number of nitrogens with zero attached hydrogens (tertiary/aromatic N) is 1. The highest BCUT2D eigenvalue weighted by Gasteiger charge is 2.77. The van der Waals surface area contributed by atoms with E-state index in [1.165, 1.54) is 36.4 Å². The predicted molar refractivity (Wildman–Crippen MR) is 96.0 cm³/mol. The number of carbonyl (C=O) groups excluding carboxylic acids is 1. The summed E-state index contributed by atoms with van der Waals surface area (Å²) in [6, 6.07) is 13.3. The summed E-state index contributed by atoms with van der Waals surface area (Å²) in [7, 11) is -3.99. The van der Waals surface area contributed by atoms with Crippen LogP contribution in [0.4, 0.5) is 4.39 Å². The first kappa shape index (κ1) is 19.1. The molecule has 5 nitrogen and oxygen atoms in total. The maximum Gasteiger partial charge on any atom is 0.328 e. The summed E-state index contributed by atoms with van der Waals surface area (Å²) < 4.78 is 44.7. The van der Waals surface area contributed by atoms with E-state index in [4.69, 9.17) is 4.74 Å². The van der Waals surface area contributed by atoms with Crippen LogP contribution >= 0.6 is 0 Å². The molecular weight excluding hydrogens is 369 g/mol. The smallest absolute Gasteiger partial charge is 0.328 e. The number of rotatable bonds is 5. The Labute approximate surface area is 157 Å². The van der Waals surface area contributed by atoms with Crippen molar-refractivity contribution in [2.45, 2.75) is 29.9 Å². The van der Waals surface area contributed by atoms with E-state index in [2.05, 4.69) is 0 Å². The topological polar surface area (TPSA) is 84.2 Å². The molecule has 0 heterocycles. The second-order valence-electron chi connectivity index (χ2n) is 6.51. The zero-order valence-corrected chi connectivity index (χ0v) is 15.7. The molecule has 0 aliphatic heterocycles. The van der Waals surface area contributed by atoms with Gasteiger partial charge in [-0.1, -0.05) is 29.8 Å². The minimum absolute atomic E-state index is 0.0235. The van der Waals surface area contributed by atoms with Crippen molar-refractivity contribution >= 4 is 15.8 Å². The number of esters is 1. The van der Waals surface area contributed by atoms with Gasteiger partial charge in [-0.2, -0.15) is 5.26 Å². The summed E-state index contributed by atoms with van der Waals surface area (Å²) in [6.45, 7) is 3.43. The van der Waals surface area contributed by atoms with E-state index in [0.29, 0.717) is 5.56 Å². The van der Waals surface area contributed by atoms with Gasteiger partial charge in [0.2, 0.25) is 0 Å². The van der Waals surface area contributed by atoms with Gasteiger partial charge in [-0.3, -0.25) is 4.79 Å². The Kier molecular flexibility index (Phi) is 4.79. The van der Waals surface area contributed by atoms with Crippen molar-refractivity contribution in [3.8, 4) is 6.07 Å². The molecule has 0 N–H and O–H groups in total. The fraction of sp³-hybridized carbons (Fsp3) is 0.300. The Balaban J connectivity index is 2.12. The van der Waals surface area contributed by atoms with Crippen LogP contribution in [-0.2, 0) is 19.4 Å². The molecule has 2 aromatic carbocycles. The number of hydrogen-bond donors (Lipinski definition) is 0. The summed E-state index contributed by atoms with van der Waals surface area (Å²) >= 11 is 0. The number of sulfone groups is 1. The monoisotopic (exact) mass is 387 g/mol. The number of halogens is 1. The maximum atomic E-state index is 13.3. The van der Waals surface area contributed by atoms with Gasteiger partial charge in [0.1, 0.15) is 11.1 Å². The first-order chi connectivity index (χ1) is 12.8. The molecule has 140 valence electrons. The molecule has 0 bridgehead atoms. The molecule has 0 radical (unpaired) electrons. The van der Waals surface area contributed by atoms with Crippen molar-refractivity contribution in [2.75, 3.05) is 6.61 Å². The Hall–Kier alpha value is -2.72. The molecular formula is C20H18FNO4S. The lowest BCUT2D eigenvalue weighted by Gasteiger charge is -2.09. The molecule has 0 saturated heterocycles. The first-order valence-corrected chi connectivity index (χ1v) is 9.98. The molecule has 0 unspecified atom stereocenters. The van der Waals surface area contributed by atoms with Gasteiger partial charge in [-0.15, -0.1) is 0 Å². The minimum Gasteiger partial charge on any atom is -0.465 e. The van der Waals surface area contributed by atoms with Crippen LogP contribution in [0.2, 0.25) is 0 Å². The third-order valence-corrected chi connectivity index (χ3v) is 7.09. The number of benzene rings is 2. The van der Waals surface area contributed by atoms with Gasteiger partial charge >= 0.3 is 5.97 Å². The van der Waals surface area contributed by atoms with Crippen molar-refractivity contribution in [2.24, 2.45) is 5.41 Å². The summed E-state index contributed by atoms with van der Waals surface area (Å²) in [4.78, 5) is 12.6. The number of hydrogen-bond acceptors (Lipinski definition) is 5. The summed E-state index contributed by atoms with van der Waals surface area (Å²) in [5, 5.41) is 8.49. The molecule has 3 rings (SSSR count). The molecule has 0 aromatic heterocycles. The second kappa shape index (κ2) is 6.78. The molecule has 1 saturated carbocycles. The van der Waals surface area contributed by atoms with E-state index in [1.54, 1.807) is 19.1 Å². The van der Waals surface area contributed by atoms with Crippen LogP contribution in [0.1, 0.15) is 24.0 Å². The number of carbonyl (C=O) groups is 1. The molecule has 7 heteroatoms. The number of nitriles is 1. The van der Waals surface area contributed by atoms with E-state index in [0.717, 1.165) is 5.56 Å². The fourth-order valence-corrected chi connectivity index (χ4v) is 5.68. The third kappa shape index (κ3) is 3.00. The molecule has 1 fully saturated rings. The second-order valence-corrected chi connectivity index (χ2v) is 8.58. The highest BCUT2D eigenvalue weighted by Crippen LogP contribution is 2.64. The molecule has 0 spiro atoms. The molecule has 2 aromatic rings. The highest BCUT2D eigenvalue weighted by atomic mass is 32.2. The van der Waals surface area contributed by atoms with Crippen molar-refractivity contribution in [3.05, 3.63) is 65.5 Å². The average molecular weight is 387 g/mol. The number of aryl methyl sites for hydroxylation is 1. The van der Waals surface area contributed by atoms with Crippen molar-refractivity contribution in [1.29, 1.82) is 5.26 Å². The summed E-state index contributed by atoms with van der Waals surface area (Å²) in [5.74, 6) is -2.29. The standard InChI is InChI=1S/C20H18FNO4S/c1-3-26-19(23)20(12-22)17(14-6-8-15(21)9-7-14)18(20)27(24,25)16-10-4-13(2)5-11-16/h4-11,17-18H,3H2,1-2H3/t17-,18-,20-/m0/s1. The normalized spacial score (nSPS) is 24.1. The summed E-state index contributed by atoms with van der Waals surface area (Å²) in [5.41, 5.74) is -0.555. The Bertz CT molecular complexity index is 1010. The van der Waals surface area contributed by atoms with Crippen molar-refractivity contribution < 1.29 is 22.3 Å². The van der Waals surface area contributed by atoms with Crippen LogP contribution in [0.3, 0.4) is 0 Å². The lowest BCUT2D eigenvalue weighted by atomic mass is 10.0. The maximum absolute atomic E-state index is 13.3. The first-order valence-electron chi connectivity index (χ1n) is 8.43. The predicted octanol–water partition coefficient (Wildman–Crippen LogP) is 3.15. The Morgan fingerprint density at radius 1 is 1.19 bits per heavy atom. The average Bonchev–Trinajstić information content (AvgIpc) is 3.34. The van der Waals surface area contributed by atoms with Gasteiger partial charge in [0, 0.05) is 5.92 Å². The van der Waals surface area contributed by atoms with E-state index in [9.17, 15) is 22.9 Å². The van der Waals surface area contributed by atoms with Crippen LogP contribution in [0.15, 0.2) is 53.4 Å². The van der Waals surface area contributed by atoms with E-state index in [-0.39, 0.29) is 11.5 Å². The van der Waals surface area contributed by atoms with Crippen LogP contribution in [0.25, 0.3) is 0 Å². The molecule has 1 aliphatic rings. The lowest BCUT2D eigenvalue weighted by molar-refractivity contribution is -0.147. The molecule has 3 atom stereocenters. The van der Waals surface area contributed by atoms with Gasteiger partial charge in [0.15, 0.2) is 15.3 Å². The highest BCUT2D eigenvalue weighted by molar-refractivity contribution is 7.92. The quantitative estimate of drug-likeness (QED) is 0.736. The van der Waals surface area contributed by atoms with Gasteiger partial charge in [-0.25, -0.2) is 12.8 Å². The van der Waals surface area contributed by atoms with Crippen molar-refractivity contribution in [1.82, 2.24) is 0 Å². The Morgan fingerprint density at radius 3 is 2.30 bits per heavy atom. The number of ether oxygens (including phenoxy) is 1. The van der Waals surface area contributed by atoms with Gasteiger partial charge < -0.3 is 4.74 Å². The zero-order valence-electron chi connectivity index (χ0n) is 14.8. The molecule has 1 aliphatic carbocycles. The van der Waals surface area contributed by atoms with Gasteiger partial charge in [0.25, 0.3) is 0 Å². The van der Waals surface area contributed by atoms with Crippen LogP contribution < -0.4 is 0 Å². The largest absolute Gasteiger partial charge is 0.465 e. The third-order valence-electron chi connectivity index (χ3n) is 4.84. The van der Waals surface area contributed by atoms with E-state index in [1.807, 2.05) is 13.0 Å². The minimum atomic E-state index is -3.99. The SMILES string of the molecule is CCOC(=O)[C@@]1(C#N)[C@@H](c2ccc(F)cc2)[C@@H]1S(=O)(=O)c1ccc(C)cc1. The van der Waals surface area contributed by atoms with Crippen LogP contribution in [0.5, 0.6) is 0 Å². The fourth-order valence-electron chi connectivity index (χ4n) is 3.43. The van der Waals surface area contributed by atoms with Gasteiger partial charge in [0.05, 0.1) is 17.6 Å².